The van der Waals surface area contributed by atoms with E-state index in [1.165, 1.54) is 0 Å². The predicted octanol–water partition coefficient (Wildman–Crippen LogP) is 5.88. The fourth-order valence-corrected chi connectivity index (χ4v) is 9.01. The fraction of sp³-hybridized carbons (Fsp3) is 0.289. The number of nitrogens with one attached hydrogen (secondary N) is 4. The first-order valence-electron chi connectivity index (χ1n) is 20.4. The van der Waals surface area contributed by atoms with Crippen LogP contribution in [0.25, 0.3) is 11.1 Å². The van der Waals surface area contributed by atoms with Gasteiger partial charge >= 0.3 is 0 Å². The molecule has 0 spiro atoms. The number of hydrogen-bond donors (Lipinski definition) is 5. The molecule has 3 aliphatic heterocycles. The SMILES string of the molecule is NC(=O)c1ccc(Nc2nc(Nc3ccc(C(=O)N4C[C@@H]5C(CN6CCN(c7ccc(NC8CCC(=O)NC8=O)cc7)CC6)[C@@H]5C4)cc3)ncc2F)cc1-c1ccccc1Cl. The lowest BCUT2D eigenvalue weighted by Gasteiger charge is -2.36. The number of piperazine rings is 1. The van der Waals surface area contributed by atoms with Crippen molar-refractivity contribution in [3.63, 3.8) is 0 Å². The van der Waals surface area contributed by atoms with Crippen molar-refractivity contribution in [1.29, 1.82) is 0 Å². The molecule has 3 saturated heterocycles. The molecule has 4 amide bonds. The number of anilines is 6. The van der Waals surface area contributed by atoms with Gasteiger partial charge in [-0.3, -0.25) is 29.4 Å². The first-order valence-corrected chi connectivity index (χ1v) is 20.8. The van der Waals surface area contributed by atoms with Gasteiger partial charge in [0.25, 0.3) is 5.91 Å². The van der Waals surface area contributed by atoms with E-state index in [4.69, 9.17) is 17.3 Å². The molecular formula is C45H44ClFN10O4. The number of piperidine rings is 2. The number of amides is 4. The number of rotatable bonds is 12. The van der Waals surface area contributed by atoms with Crippen LogP contribution in [0.5, 0.6) is 0 Å². The molecule has 61 heavy (non-hydrogen) atoms. The molecule has 0 radical (unpaired) electrons. The summed E-state index contributed by atoms with van der Waals surface area (Å²) in [5.41, 5.74) is 10.7. The predicted molar refractivity (Wildman–Crippen MR) is 232 cm³/mol. The van der Waals surface area contributed by atoms with Gasteiger partial charge in [0.05, 0.1) is 6.20 Å². The van der Waals surface area contributed by atoms with E-state index in [2.05, 4.69) is 53.2 Å². The Hall–Kier alpha value is -6.58. The Balaban J connectivity index is 0.738. The zero-order valence-corrected chi connectivity index (χ0v) is 33.9. The summed E-state index contributed by atoms with van der Waals surface area (Å²) < 4.78 is 14.9. The average Bonchev–Trinajstić information content (AvgIpc) is 3.68. The van der Waals surface area contributed by atoms with Gasteiger partial charge in [-0.25, -0.2) is 9.37 Å². The van der Waals surface area contributed by atoms with Gasteiger partial charge in [-0.1, -0.05) is 29.8 Å². The van der Waals surface area contributed by atoms with Gasteiger partial charge in [0.15, 0.2) is 11.6 Å². The summed E-state index contributed by atoms with van der Waals surface area (Å²) in [7, 11) is 0. The van der Waals surface area contributed by atoms with Gasteiger partial charge in [0.1, 0.15) is 6.04 Å². The maximum Gasteiger partial charge on any atom is 0.253 e. The molecule has 4 atom stereocenters. The Morgan fingerprint density at radius 1 is 0.852 bits per heavy atom. The molecule has 14 nitrogen and oxygen atoms in total. The molecule has 1 aliphatic carbocycles. The average molecular weight is 843 g/mol. The Kier molecular flexibility index (Phi) is 11.0. The number of aromatic nitrogens is 2. The van der Waals surface area contributed by atoms with Crippen LogP contribution in [-0.2, 0) is 9.59 Å². The number of carbonyl (C=O) groups excluding carboxylic acids is 4. The van der Waals surface area contributed by atoms with Gasteiger partial charge in [-0.05, 0) is 103 Å². The zero-order valence-electron chi connectivity index (χ0n) is 33.1. The highest BCUT2D eigenvalue weighted by molar-refractivity contribution is 6.33. The van der Waals surface area contributed by atoms with Gasteiger partial charge in [-0.15, -0.1) is 0 Å². The summed E-state index contributed by atoms with van der Waals surface area (Å²) in [5, 5.41) is 12.1. The van der Waals surface area contributed by atoms with Gasteiger partial charge in [0, 0.05) is 96.7 Å². The largest absolute Gasteiger partial charge is 0.374 e. The zero-order chi connectivity index (χ0) is 42.2. The van der Waals surface area contributed by atoms with Crippen LogP contribution < -0.4 is 31.9 Å². The Labute approximate surface area is 356 Å². The summed E-state index contributed by atoms with van der Waals surface area (Å²) in [6.07, 6.45) is 1.89. The standard InChI is InChI=1S/C45H44ClFN10O4/c46-37-4-2-1-3-31(37)33-21-29(11-14-32(33)41(48)59)51-42-38(47)22-49-45(54-42)52-28-7-5-26(6-8-28)44(61)57-24-35-34(36(35)25-57)23-55-17-19-56(20-18-55)30-12-9-27(10-13-30)50-39-15-16-40(58)53-43(39)60/h1-14,21-22,34-36,39,50H,15-20,23-25H2,(H2,48,59)(H,53,58,60)(H2,49,51,52,54)/t34?,35-,36+,39?. The van der Waals surface area contributed by atoms with E-state index >= 15 is 0 Å². The van der Waals surface area contributed by atoms with Crippen molar-refractivity contribution in [3.05, 3.63) is 119 Å². The van der Waals surface area contributed by atoms with Crippen LogP contribution in [0.4, 0.5) is 38.9 Å². The third-order valence-corrected chi connectivity index (χ3v) is 12.5. The molecule has 16 heteroatoms. The molecule has 4 heterocycles. The van der Waals surface area contributed by atoms with Crippen molar-refractivity contribution >= 4 is 69.7 Å². The van der Waals surface area contributed by atoms with Crippen LogP contribution in [-0.4, -0.2) is 95.3 Å². The maximum absolute atomic E-state index is 14.9. The van der Waals surface area contributed by atoms with Crippen molar-refractivity contribution < 1.29 is 23.6 Å². The number of carbonyl (C=O) groups is 4. The number of primary amides is 1. The number of halogens is 2. The van der Waals surface area contributed by atoms with Crippen molar-refractivity contribution in [1.82, 2.24) is 25.1 Å². The summed E-state index contributed by atoms with van der Waals surface area (Å²) in [4.78, 5) is 64.6. The molecule has 0 bridgehead atoms. The van der Waals surface area contributed by atoms with E-state index in [0.717, 1.165) is 63.4 Å². The molecule has 4 fully saturated rings. The van der Waals surface area contributed by atoms with Crippen LogP contribution in [0.3, 0.4) is 0 Å². The normalized spacial score (nSPS) is 21.1. The molecule has 312 valence electrons. The van der Waals surface area contributed by atoms with E-state index in [1.807, 2.05) is 17.0 Å². The highest BCUT2D eigenvalue weighted by Gasteiger charge is 2.56. The topological polar surface area (TPSA) is 178 Å². The second-order valence-corrected chi connectivity index (χ2v) is 16.4. The molecule has 6 N–H and O–H groups in total. The highest BCUT2D eigenvalue weighted by Crippen LogP contribution is 2.52. The molecule has 5 aromatic rings. The molecular weight excluding hydrogens is 799 g/mol. The lowest BCUT2D eigenvalue weighted by Crippen LogP contribution is -2.47. The number of nitrogens with zero attached hydrogens (tertiary/aromatic N) is 5. The minimum Gasteiger partial charge on any atom is -0.374 e. The van der Waals surface area contributed by atoms with Crippen molar-refractivity contribution in [2.24, 2.45) is 23.5 Å². The smallest absolute Gasteiger partial charge is 0.253 e. The second-order valence-electron chi connectivity index (χ2n) is 16.0. The summed E-state index contributed by atoms with van der Waals surface area (Å²) in [5.74, 6) is -0.0826. The summed E-state index contributed by atoms with van der Waals surface area (Å²) in [6, 6.07) is 26.7. The number of benzene rings is 4. The molecule has 9 rings (SSSR count). The van der Waals surface area contributed by atoms with E-state index in [9.17, 15) is 23.6 Å². The minimum atomic E-state index is -0.680. The number of hydrogen-bond acceptors (Lipinski definition) is 11. The molecule has 4 aromatic carbocycles. The third-order valence-electron chi connectivity index (χ3n) is 12.2. The second kappa shape index (κ2) is 16.8. The van der Waals surface area contributed by atoms with E-state index in [0.29, 0.717) is 63.7 Å². The number of nitrogens with two attached hydrogens (primary N) is 1. The third kappa shape index (κ3) is 8.70. The Morgan fingerprint density at radius 2 is 1.56 bits per heavy atom. The van der Waals surface area contributed by atoms with Crippen LogP contribution in [0.1, 0.15) is 33.6 Å². The molecule has 1 saturated carbocycles. The van der Waals surface area contributed by atoms with Crippen molar-refractivity contribution in [2.75, 3.05) is 66.7 Å². The molecule has 1 aromatic heterocycles. The van der Waals surface area contributed by atoms with Gasteiger partial charge < -0.3 is 31.5 Å². The quantitative estimate of drug-likeness (QED) is 0.0949. The first-order chi connectivity index (χ1) is 29.6. The monoisotopic (exact) mass is 842 g/mol. The maximum atomic E-state index is 14.9. The van der Waals surface area contributed by atoms with Crippen LogP contribution in [0.15, 0.2) is 97.2 Å². The molecule has 4 aliphatic rings. The number of likely N-dealkylation sites (tertiary alicyclic amines) is 1. The lowest BCUT2D eigenvalue weighted by atomic mass is 9.98. The lowest BCUT2D eigenvalue weighted by molar-refractivity contribution is -0.133. The van der Waals surface area contributed by atoms with E-state index in [1.54, 1.807) is 66.7 Å². The van der Waals surface area contributed by atoms with E-state index in [-0.39, 0.29) is 35.1 Å². The summed E-state index contributed by atoms with van der Waals surface area (Å²) >= 11 is 6.42. The Morgan fingerprint density at radius 3 is 2.26 bits per heavy atom. The van der Waals surface area contributed by atoms with Crippen molar-refractivity contribution in [2.45, 2.75) is 18.9 Å². The summed E-state index contributed by atoms with van der Waals surface area (Å²) in [6.45, 7) is 6.40. The van der Waals surface area contributed by atoms with Gasteiger partial charge in [0.2, 0.25) is 23.7 Å². The minimum absolute atomic E-state index is 0.00692. The van der Waals surface area contributed by atoms with Gasteiger partial charge in [-0.2, -0.15) is 4.98 Å². The van der Waals surface area contributed by atoms with E-state index < -0.39 is 17.8 Å². The highest BCUT2D eigenvalue weighted by atomic mass is 35.5. The van der Waals surface area contributed by atoms with Crippen LogP contribution in [0, 0.1) is 23.6 Å². The Bertz CT molecular complexity index is 2490. The van der Waals surface area contributed by atoms with Crippen molar-refractivity contribution in [3.8, 4) is 11.1 Å². The van der Waals surface area contributed by atoms with Crippen LogP contribution in [0.2, 0.25) is 5.02 Å². The first kappa shape index (κ1) is 39.9. The fourth-order valence-electron chi connectivity index (χ4n) is 8.77. The number of imide groups is 1. The number of fused-ring (bicyclic) bond motifs is 1. The molecule has 2 unspecified atom stereocenters. The van der Waals surface area contributed by atoms with Crippen LogP contribution >= 0.6 is 11.6 Å².